The molecule has 0 aliphatic carbocycles. The fraction of sp³-hybridized carbons (Fsp3) is 0.208. The van der Waals surface area contributed by atoms with Gasteiger partial charge in [-0.2, -0.15) is 0 Å². The van der Waals surface area contributed by atoms with Gasteiger partial charge in [0.05, 0.1) is 10.7 Å². The second-order valence-electron chi connectivity index (χ2n) is 7.12. The first-order chi connectivity index (χ1) is 14.2. The van der Waals surface area contributed by atoms with Gasteiger partial charge < -0.3 is 15.0 Å². The zero-order valence-electron chi connectivity index (χ0n) is 16.1. The van der Waals surface area contributed by atoms with Gasteiger partial charge in [0.25, 0.3) is 5.91 Å². The van der Waals surface area contributed by atoms with Crippen LogP contribution in [0.3, 0.4) is 0 Å². The summed E-state index contributed by atoms with van der Waals surface area (Å²) < 4.78 is 5.82. The van der Waals surface area contributed by atoms with E-state index in [4.69, 9.17) is 16.3 Å². The predicted octanol–water partition coefficient (Wildman–Crippen LogP) is 5.77. The van der Waals surface area contributed by atoms with Crippen LogP contribution in [0.4, 0.5) is 11.4 Å². The number of nitrogens with zero attached hydrogens (tertiary/aromatic N) is 1. The van der Waals surface area contributed by atoms with Gasteiger partial charge in [-0.25, -0.2) is 0 Å². The van der Waals surface area contributed by atoms with Gasteiger partial charge in [0.2, 0.25) is 0 Å². The Morgan fingerprint density at radius 2 is 1.76 bits per heavy atom. The lowest BCUT2D eigenvalue weighted by Crippen LogP contribution is -2.18. The van der Waals surface area contributed by atoms with E-state index in [0.717, 1.165) is 24.3 Å². The lowest BCUT2D eigenvalue weighted by atomic mass is 10.2. The van der Waals surface area contributed by atoms with Crippen molar-refractivity contribution in [2.75, 3.05) is 23.3 Å². The number of nitrogens with one attached hydrogen (secondary N) is 1. The second kappa shape index (κ2) is 9.01. The Labute approximate surface area is 176 Å². The Balaban J connectivity index is 1.41. The fourth-order valence-electron chi connectivity index (χ4n) is 3.47. The average Bonchev–Trinajstić information content (AvgIpc) is 3.28. The van der Waals surface area contributed by atoms with Gasteiger partial charge in [-0.1, -0.05) is 48.0 Å². The molecule has 1 fully saturated rings. The van der Waals surface area contributed by atoms with E-state index in [2.05, 4.69) is 10.2 Å². The molecule has 0 unspecified atom stereocenters. The summed E-state index contributed by atoms with van der Waals surface area (Å²) in [5.41, 5.74) is 3.32. The largest absolute Gasteiger partial charge is 0.489 e. The van der Waals surface area contributed by atoms with Crippen LogP contribution in [0, 0.1) is 0 Å². The van der Waals surface area contributed by atoms with Crippen LogP contribution in [0.1, 0.15) is 28.8 Å². The van der Waals surface area contributed by atoms with E-state index < -0.39 is 0 Å². The Hall–Kier alpha value is -2.98. The van der Waals surface area contributed by atoms with Crippen LogP contribution in [0.15, 0.2) is 72.8 Å². The van der Waals surface area contributed by atoms with Crippen molar-refractivity contribution in [1.82, 2.24) is 0 Å². The third-order valence-corrected chi connectivity index (χ3v) is 5.30. The van der Waals surface area contributed by atoms with Crippen LogP contribution >= 0.6 is 11.6 Å². The number of amides is 1. The quantitative estimate of drug-likeness (QED) is 0.564. The number of benzene rings is 3. The molecular weight excluding hydrogens is 384 g/mol. The van der Waals surface area contributed by atoms with E-state index in [1.165, 1.54) is 12.8 Å². The smallest absolute Gasteiger partial charge is 0.255 e. The summed E-state index contributed by atoms with van der Waals surface area (Å²) in [5.74, 6) is 0.462. The number of ether oxygens (including phenoxy) is 1. The molecule has 0 saturated carbocycles. The third kappa shape index (κ3) is 4.90. The molecule has 1 aliphatic heterocycles. The lowest BCUT2D eigenvalue weighted by Gasteiger charge is -2.19. The number of halogens is 1. The van der Waals surface area contributed by atoms with Crippen molar-refractivity contribution in [3.8, 4) is 5.75 Å². The van der Waals surface area contributed by atoms with Crippen molar-refractivity contribution in [1.29, 1.82) is 0 Å². The molecule has 4 nitrogen and oxygen atoms in total. The first-order valence-electron chi connectivity index (χ1n) is 9.82. The lowest BCUT2D eigenvalue weighted by molar-refractivity contribution is 0.102. The summed E-state index contributed by atoms with van der Waals surface area (Å²) in [5, 5.41) is 3.58. The topological polar surface area (TPSA) is 41.6 Å². The molecule has 0 bridgehead atoms. The molecule has 0 aromatic heterocycles. The molecule has 4 rings (SSSR count). The zero-order valence-corrected chi connectivity index (χ0v) is 16.9. The van der Waals surface area contributed by atoms with Crippen molar-refractivity contribution in [3.05, 3.63) is 88.9 Å². The number of anilines is 2. The summed E-state index contributed by atoms with van der Waals surface area (Å²) in [6.07, 6.45) is 2.38. The van der Waals surface area contributed by atoms with E-state index in [9.17, 15) is 4.79 Å². The minimum absolute atomic E-state index is 0.194. The summed E-state index contributed by atoms with van der Waals surface area (Å²) in [6.45, 7) is 2.52. The highest BCUT2D eigenvalue weighted by Crippen LogP contribution is 2.31. The van der Waals surface area contributed by atoms with Crippen molar-refractivity contribution < 1.29 is 9.53 Å². The van der Waals surface area contributed by atoms with Gasteiger partial charge >= 0.3 is 0 Å². The van der Waals surface area contributed by atoms with Crippen LogP contribution in [0.25, 0.3) is 0 Å². The Kier molecular flexibility index (Phi) is 6.01. The molecule has 3 aromatic rings. The maximum absolute atomic E-state index is 12.7. The highest BCUT2D eigenvalue weighted by atomic mass is 35.5. The SMILES string of the molecule is O=C(Nc1ccc(N2CCCC2)c(Cl)c1)c1cccc(OCc2ccccc2)c1. The molecular formula is C24H23ClN2O2. The molecule has 1 aliphatic rings. The molecule has 29 heavy (non-hydrogen) atoms. The first kappa shape index (κ1) is 19.3. The van der Waals surface area contributed by atoms with Gasteiger partial charge in [0.1, 0.15) is 12.4 Å². The number of hydrogen-bond acceptors (Lipinski definition) is 3. The summed E-state index contributed by atoms with van der Waals surface area (Å²) in [4.78, 5) is 15.0. The monoisotopic (exact) mass is 406 g/mol. The standard InChI is InChI=1S/C24H23ClN2O2/c25-22-16-20(11-12-23(22)27-13-4-5-14-27)26-24(28)19-9-6-10-21(15-19)29-17-18-7-2-1-3-8-18/h1-3,6-12,15-16H,4-5,13-14,17H2,(H,26,28). The van der Waals surface area contributed by atoms with Gasteiger partial charge in [-0.05, 0) is 54.8 Å². The van der Waals surface area contributed by atoms with Crippen molar-refractivity contribution >= 4 is 28.9 Å². The molecule has 1 heterocycles. The van der Waals surface area contributed by atoms with Gasteiger partial charge in [0.15, 0.2) is 0 Å². The zero-order chi connectivity index (χ0) is 20.1. The van der Waals surface area contributed by atoms with Gasteiger partial charge in [0, 0.05) is 24.3 Å². The molecule has 0 atom stereocenters. The Morgan fingerprint density at radius 3 is 2.52 bits per heavy atom. The molecule has 5 heteroatoms. The van der Waals surface area contributed by atoms with Crippen LogP contribution in [0.5, 0.6) is 5.75 Å². The van der Waals surface area contributed by atoms with E-state index in [-0.39, 0.29) is 5.91 Å². The average molecular weight is 407 g/mol. The molecule has 0 spiro atoms. The highest BCUT2D eigenvalue weighted by molar-refractivity contribution is 6.33. The van der Waals surface area contributed by atoms with Crippen LogP contribution in [-0.2, 0) is 6.61 Å². The van der Waals surface area contributed by atoms with E-state index >= 15 is 0 Å². The van der Waals surface area contributed by atoms with E-state index in [1.807, 2.05) is 60.7 Å². The maximum Gasteiger partial charge on any atom is 0.255 e. The van der Waals surface area contributed by atoms with Gasteiger partial charge in [-0.3, -0.25) is 4.79 Å². The summed E-state index contributed by atoms with van der Waals surface area (Å²) in [6, 6.07) is 22.8. The number of carbonyl (C=O) groups excluding carboxylic acids is 1. The Bertz CT molecular complexity index is 985. The third-order valence-electron chi connectivity index (χ3n) is 5.00. The molecule has 1 saturated heterocycles. The highest BCUT2D eigenvalue weighted by Gasteiger charge is 2.16. The predicted molar refractivity (Wildman–Crippen MR) is 118 cm³/mol. The van der Waals surface area contributed by atoms with Crippen molar-refractivity contribution in [3.63, 3.8) is 0 Å². The number of hydrogen-bond donors (Lipinski definition) is 1. The number of carbonyl (C=O) groups is 1. The Morgan fingerprint density at radius 1 is 0.966 bits per heavy atom. The van der Waals surface area contributed by atoms with Gasteiger partial charge in [-0.15, -0.1) is 0 Å². The molecule has 1 N–H and O–H groups in total. The van der Waals surface area contributed by atoms with Crippen molar-refractivity contribution in [2.45, 2.75) is 19.4 Å². The van der Waals surface area contributed by atoms with Crippen molar-refractivity contribution in [2.24, 2.45) is 0 Å². The van der Waals surface area contributed by atoms with Crippen LogP contribution in [0.2, 0.25) is 5.02 Å². The normalized spacial score (nSPS) is 13.3. The minimum Gasteiger partial charge on any atom is -0.489 e. The van der Waals surface area contributed by atoms with E-state index in [0.29, 0.717) is 28.6 Å². The fourth-order valence-corrected chi connectivity index (χ4v) is 3.77. The minimum atomic E-state index is -0.194. The summed E-state index contributed by atoms with van der Waals surface area (Å²) in [7, 11) is 0. The van der Waals surface area contributed by atoms with Crippen LogP contribution < -0.4 is 15.0 Å². The van der Waals surface area contributed by atoms with Crippen LogP contribution in [-0.4, -0.2) is 19.0 Å². The molecule has 148 valence electrons. The maximum atomic E-state index is 12.7. The summed E-state index contributed by atoms with van der Waals surface area (Å²) >= 11 is 6.45. The number of rotatable bonds is 6. The molecule has 3 aromatic carbocycles. The molecule has 0 radical (unpaired) electrons. The first-order valence-corrected chi connectivity index (χ1v) is 10.2. The molecule has 1 amide bonds. The van der Waals surface area contributed by atoms with E-state index in [1.54, 1.807) is 12.1 Å². The second-order valence-corrected chi connectivity index (χ2v) is 7.52.